The number of rotatable bonds is 1. The predicted octanol–water partition coefficient (Wildman–Crippen LogP) is 4.24. The third kappa shape index (κ3) is 2.17. The Morgan fingerprint density at radius 3 is 2.45 bits per heavy atom. The molecule has 0 aromatic heterocycles. The summed E-state index contributed by atoms with van der Waals surface area (Å²) in [4.78, 5) is 0. The Kier molecular flexibility index (Phi) is 2.90. The van der Waals surface area contributed by atoms with Crippen LogP contribution in [0.4, 0.5) is 0 Å². The van der Waals surface area contributed by atoms with Gasteiger partial charge in [0, 0.05) is 8.95 Å². The summed E-state index contributed by atoms with van der Waals surface area (Å²) in [5.74, 6) is 0. The van der Waals surface area contributed by atoms with E-state index in [9.17, 15) is 0 Å². The molecule has 0 amide bonds. The van der Waals surface area contributed by atoms with Gasteiger partial charge in [-0.3, -0.25) is 0 Å². The maximum Gasteiger partial charge on any atom is 0.0261 e. The molecule has 0 radical (unpaired) electrons. The molecule has 0 saturated carbocycles. The van der Waals surface area contributed by atoms with Crippen LogP contribution in [0.25, 0.3) is 5.57 Å². The quantitative estimate of drug-likeness (QED) is 0.719. The van der Waals surface area contributed by atoms with E-state index in [2.05, 4.69) is 38.4 Å². The van der Waals surface area contributed by atoms with E-state index in [4.69, 9.17) is 0 Å². The van der Waals surface area contributed by atoms with Gasteiger partial charge in [0.15, 0.2) is 0 Å². The van der Waals surface area contributed by atoms with Gasteiger partial charge in [0.1, 0.15) is 0 Å². The zero-order valence-electron chi connectivity index (χ0n) is 6.20. The second-order valence-corrected chi connectivity index (χ2v) is 4.17. The Morgan fingerprint density at radius 2 is 2.00 bits per heavy atom. The molecule has 0 N–H and O–H groups in total. The van der Waals surface area contributed by atoms with Gasteiger partial charge in [-0.25, -0.2) is 0 Å². The van der Waals surface area contributed by atoms with Crippen molar-refractivity contribution in [2.24, 2.45) is 0 Å². The molecule has 0 aliphatic carbocycles. The van der Waals surface area contributed by atoms with Gasteiger partial charge in [0.25, 0.3) is 0 Å². The van der Waals surface area contributed by atoms with E-state index in [0.717, 1.165) is 20.1 Å². The van der Waals surface area contributed by atoms with Crippen LogP contribution >= 0.6 is 31.9 Å². The molecular formula is C9H8Br2. The molecule has 1 aromatic carbocycles. The lowest BCUT2D eigenvalue weighted by atomic mass is 10.1. The minimum Gasteiger partial charge on any atom is -0.0955 e. The molecule has 0 nitrogen and oxygen atoms in total. The van der Waals surface area contributed by atoms with Crippen molar-refractivity contribution in [3.8, 4) is 0 Å². The van der Waals surface area contributed by atoms with Crippen LogP contribution in [0.1, 0.15) is 12.5 Å². The highest BCUT2D eigenvalue weighted by Gasteiger charge is 1.99. The molecule has 0 saturated heterocycles. The molecule has 0 atom stereocenters. The molecule has 0 spiro atoms. The van der Waals surface area contributed by atoms with E-state index in [1.807, 2.05) is 25.1 Å². The fourth-order valence-corrected chi connectivity index (χ4v) is 2.22. The molecule has 0 heterocycles. The number of hydrogen-bond donors (Lipinski definition) is 0. The Labute approximate surface area is 83.6 Å². The maximum absolute atomic E-state index is 3.87. The summed E-state index contributed by atoms with van der Waals surface area (Å²) < 4.78 is 2.16. The molecule has 1 aromatic rings. The number of hydrogen-bond acceptors (Lipinski definition) is 0. The highest BCUT2D eigenvalue weighted by Crippen LogP contribution is 2.26. The SMILES string of the molecule is C=C(C)c1ccc(Br)cc1Br. The summed E-state index contributed by atoms with van der Waals surface area (Å²) in [5, 5.41) is 0. The second kappa shape index (κ2) is 3.55. The Hall–Kier alpha value is -0.0800. The first-order chi connectivity index (χ1) is 5.11. The van der Waals surface area contributed by atoms with Gasteiger partial charge >= 0.3 is 0 Å². The van der Waals surface area contributed by atoms with E-state index in [0.29, 0.717) is 0 Å². The minimum absolute atomic E-state index is 1.07. The average molecular weight is 276 g/mol. The zero-order chi connectivity index (χ0) is 8.43. The monoisotopic (exact) mass is 274 g/mol. The zero-order valence-corrected chi connectivity index (χ0v) is 9.37. The van der Waals surface area contributed by atoms with E-state index in [1.165, 1.54) is 0 Å². The van der Waals surface area contributed by atoms with Crippen LogP contribution in [0.5, 0.6) is 0 Å². The summed E-state index contributed by atoms with van der Waals surface area (Å²) in [6.07, 6.45) is 0. The average Bonchev–Trinajstić information content (AvgIpc) is 1.85. The second-order valence-electron chi connectivity index (χ2n) is 2.40. The van der Waals surface area contributed by atoms with E-state index in [1.54, 1.807) is 0 Å². The molecular weight excluding hydrogens is 268 g/mol. The topological polar surface area (TPSA) is 0 Å². The van der Waals surface area contributed by atoms with E-state index < -0.39 is 0 Å². The van der Waals surface area contributed by atoms with Crippen LogP contribution in [0, 0.1) is 0 Å². The lowest BCUT2D eigenvalue weighted by Gasteiger charge is -2.02. The van der Waals surface area contributed by atoms with E-state index >= 15 is 0 Å². The Bertz CT molecular complexity index is 290. The van der Waals surface area contributed by atoms with Gasteiger partial charge in [0.2, 0.25) is 0 Å². The smallest absolute Gasteiger partial charge is 0.0261 e. The normalized spacial score (nSPS) is 9.73. The highest BCUT2D eigenvalue weighted by molar-refractivity contribution is 9.11. The molecule has 11 heavy (non-hydrogen) atoms. The summed E-state index contributed by atoms with van der Waals surface area (Å²) in [7, 11) is 0. The van der Waals surface area contributed by atoms with Crippen LogP contribution in [0.2, 0.25) is 0 Å². The fourth-order valence-electron chi connectivity index (χ4n) is 0.836. The van der Waals surface area contributed by atoms with Crippen molar-refractivity contribution in [2.75, 3.05) is 0 Å². The van der Waals surface area contributed by atoms with Crippen molar-refractivity contribution in [2.45, 2.75) is 6.92 Å². The third-order valence-corrected chi connectivity index (χ3v) is 2.54. The lowest BCUT2D eigenvalue weighted by Crippen LogP contribution is -1.79. The molecule has 1 rings (SSSR count). The van der Waals surface area contributed by atoms with Crippen LogP contribution in [-0.4, -0.2) is 0 Å². The standard InChI is InChI=1S/C9H8Br2/c1-6(2)8-4-3-7(10)5-9(8)11/h3-5H,1H2,2H3. The van der Waals surface area contributed by atoms with Gasteiger partial charge < -0.3 is 0 Å². The van der Waals surface area contributed by atoms with Crippen molar-refractivity contribution in [1.29, 1.82) is 0 Å². The first kappa shape index (κ1) is 9.01. The lowest BCUT2D eigenvalue weighted by molar-refractivity contribution is 1.51. The van der Waals surface area contributed by atoms with Gasteiger partial charge in [-0.15, -0.1) is 0 Å². The van der Waals surface area contributed by atoms with Crippen molar-refractivity contribution in [1.82, 2.24) is 0 Å². The first-order valence-corrected chi connectivity index (χ1v) is 4.81. The van der Waals surface area contributed by atoms with Gasteiger partial charge in [-0.1, -0.05) is 44.5 Å². The molecule has 0 unspecified atom stereocenters. The Balaban J connectivity index is 3.20. The predicted molar refractivity (Wildman–Crippen MR) is 56.6 cm³/mol. The third-order valence-electron chi connectivity index (χ3n) is 1.39. The molecule has 0 aliphatic rings. The fraction of sp³-hybridized carbons (Fsp3) is 0.111. The van der Waals surface area contributed by atoms with Crippen LogP contribution in [0.3, 0.4) is 0 Å². The number of benzene rings is 1. The maximum atomic E-state index is 3.87. The Morgan fingerprint density at radius 1 is 1.36 bits per heavy atom. The van der Waals surface area contributed by atoms with Crippen LogP contribution < -0.4 is 0 Å². The van der Waals surface area contributed by atoms with Crippen molar-refractivity contribution in [3.05, 3.63) is 39.3 Å². The van der Waals surface area contributed by atoms with Gasteiger partial charge in [-0.2, -0.15) is 0 Å². The molecule has 58 valence electrons. The van der Waals surface area contributed by atoms with Crippen molar-refractivity contribution >= 4 is 37.4 Å². The van der Waals surface area contributed by atoms with Crippen LogP contribution in [-0.2, 0) is 0 Å². The highest BCUT2D eigenvalue weighted by atomic mass is 79.9. The largest absolute Gasteiger partial charge is 0.0955 e. The van der Waals surface area contributed by atoms with Crippen LogP contribution in [0.15, 0.2) is 33.7 Å². The van der Waals surface area contributed by atoms with Crippen molar-refractivity contribution < 1.29 is 0 Å². The first-order valence-electron chi connectivity index (χ1n) is 3.22. The molecule has 0 fully saturated rings. The minimum atomic E-state index is 1.07. The van der Waals surface area contributed by atoms with E-state index in [-0.39, 0.29) is 0 Å². The summed E-state index contributed by atoms with van der Waals surface area (Å²) in [6.45, 7) is 5.86. The summed E-state index contributed by atoms with van der Waals surface area (Å²) in [5.41, 5.74) is 2.23. The molecule has 2 heteroatoms. The number of allylic oxidation sites excluding steroid dienone is 1. The number of halogens is 2. The van der Waals surface area contributed by atoms with Gasteiger partial charge in [-0.05, 0) is 30.2 Å². The van der Waals surface area contributed by atoms with Gasteiger partial charge in [0.05, 0.1) is 0 Å². The summed E-state index contributed by atoms with van der Waals surface area (Å²) in [6, 6.07) is 6.06. The molecule has 0 aliphatic heterocycles. The van der Waals surface area contributed by atoms with Crippen molar-refractivity contribution in [3.63, 3.8) is 0 Å². The molecule has 0 bridgehead atoms. The summed E-state index contributed by atoms with van der Waals surface area (Å²) >= 11 is 6.84.